The number of carbonyl (C=O) groups excluding carboxylic acids is 2. The lowest BCUT2D eigenvalue weighted by atomic mass is 10.00. The molecule has 0 aliphatic rings. The third kappa shape index (κ3) is 5.78. The lowest BCUT2D eigenvalue weighted by molar-refractivity contribution is -0.132. The number of benzene rings is 4. The highest BCUT2D eigenvalue weighted by Crippen LogP contribution is 2.44. The van der Waals surface area contributed by atoms with Crippen molar-refractivity contribution in [3.8, 4) is 45.5 Å². The fourth-order valence-corrected chi connectivity index (χ4v) is 4.61. The topological polar surface area (TPSA) is 91.7 Å². The Morgan fingerprint density at radius 3 is 2.22 bits per heavy atom. The Morgan fingerprint density at radius 2 is 1.56 bits per heavy atom. The minimum Gasteiger partial charge on any atom is -0.497 e. The van der Waals surface area contributed by atoms with Crippen molar-refractivity contribution in [2.45, 2.75) is 6.92 Å². The van der Waals surface area contributed by atoms with Gasteiger partial charge in [-0.1, -0.05) is 54.1 Å². The van der Waals surface area contributed by atoms with Crippen molar-refractivity contribution in [3.63, 3.8) is 0 Å². The van der Waals surface area contributed by atoms with E-state index in [2.05, 4.69) is 5.32 Å². The fraction of sp³-hybridized carbons (Fsp3) is 0.0938. The number of hydrogen-bond donors (Lipinski definition) is 1. The van der Waals surface area contributed by atoms with Crippen LogP contribution in [0.2, 0.25) is 5.02 Å². The number of ether oxygens (including phenoxy) is 3. The third-order valence-corrected chi connectivity index (χ3v) is 6.63. The van der Waals surface area contributed by atoms with E-state index in [0.29, 0.717) is 55.8 Å². The van der Waals surface area contributed by atoms with Crippen molar-refractivity contribution in [1.82, 2.24) is 9.78 Å². The molecule has 0 spiro atoms. The van der Waals surface area contributed by atoms with Crippen LogP contribution in [0.15, 0.2) is 97.1 Å². The van der Waals surface area contributed by atoms with Crippen molar-refractivity contribution in [3.05, 3.63) is 108 Å². The molecule has 0 aliphatic heterocycles. The Balaban J connectivity index is 1.65. The molecule has 1 aromatic heterocycles. The molecule has 1 heterocycles. The van der Waals surface area contributed by atoms with Gasteiger partial charge < -0.3 is 19.5 Å². The van der Waals surface area contributed by atoms with Gasteiger partial charge >= 0.3 is 5.97 Å². The van der Waals surface area contributed by atoms with Crippen molar-refractivity contribution in [2.75, 3.05) is 19.5 Å². The molecular formula is C32H26ClN3O5. The normalized spacial score (nSPS) is 10.6. The van der Waals surface area contributed by atoms with E-state index in [1.807, 2.05) is 54.6 Å². The number of hydrogen-bond acceptors (Lipinski definition) is 6. The van der Waals surface area contributed by atoms with Crippen LogP contribution in [0.1, 0.15) is 17.3 Å². The number of anilines is 1. The molecule has 4 aromatic carbocycles. The molecule has 206 valence electrons. The Labute approximate surface area is 242 Å². The maximum Gasteiger partial charge on any atom is 0.309 e. The molecule has 1 N–H and O–H groups in total. The predicted octanol–water partition coefficient (Wildman–Crippen LogP) is 7.05. The van der Waals surface area contributed by atoms with Gasteiger partial charge in [-0.3, -0.25) is 9.59 Å². The zero-order valence-corrected chi connectivity index (χ0v) is 23.3. The van der Waals surface area contributed by atoms with Gasteiger partial charge in [0.05, 0.1) is 36.1 Å². The van der Waals surface area contributed by atoms with Gasteiger partial charge in [-0.05, 0) is 54.1 Å². The maximum atomic E-state index is 12.8. The van der Waals surface area contributed by atoms with E-state index in [1.54, 1.807) is 61.4 Å². The van der Waals surface area contributed by atoms with Crippen LogP contribution in [-0.4, -0.2) is 35.9 Å². The van der Waals surface area contributed by atoms with Gasteiger partial charge in [0.25, 0.3) is 5.91 Å². The van der Waals surface area contributed by atoms with Gasteiger partial charge in [0, 0.05) is 24.2 Å². The summed E-state index contributed by atoms with van der Waals surface area (Å²) in [5.41, 5.74) is 4.09. The van der Waals surface area contributed by atoms with E-state index in [-0.39, 0.29) is 11.8 Å². The highest BCUT2D eigenvalue weighted by Gasteiger charge is 2.26. The van der Waals surface area contributed by atoms with Gasteiger partial charge in [-0.2, -0.15) is 9.78 Å². The summed E-state index contributed by atoms with van der Waals surface area (Å²) in [6.45, 7) is 1.34. The van der Waals surface area contributed by atoms with Crippen molar-refractivity contribution >= 4 is 29.2 Å². The van der Waals surface area contributed by atoms with Crippen LogP contribution in [0.25, 0.3) is 28.1 Å². The summed E-state index contributed by atoms with van der Waals surface area (Å²) in [6, 6.07) is 28.8. The van der Waals surface area contributed by atoms with Gasteiger partial charge in [0.2, 0.25) is 5.88 Å². The molecule has 5 aromatic rings. The SMILES string of the molecule is COc1ccc(-c2nn(-c3ccccc3)c(OC(C)=O)c2-c2ccc(NC(=O)c3ccccc3Cl)cc2)c(OC)c1. The van der Waals surface area contributed by atoms with Crippen molar-refractivity contribution in [2.24, 2.45) is 0 Å². The van der Waals surface area contributed by atoms with Crippen LogP contribution in [0.4, 0.5) is 5.69 Å². The number of amides is 1. The van der Waals surface area contributed by atoms with Crippen LogP contribution in [0, 0.1) is 0 Å². The van der Waals surface area contributed by atoms with E-state index in [9.17, 15) is 9.59 Å². The van der Waals surface area contributed by atoms with E-state index < -0.39 is 5.97 Å². The molecule has 0 fully saturated rings. The molecule has 8 nitrogen and oxygen atoms in total. The van der Waals surface area contributed by atoms with E-state index >= 15 is 0 Å². The number of aromatic nitrogens is 2. The van der Waals surface area contributed by atoms with Gasteiger partial charge in [-0.25, -0.2) is 0 Å². The highest BCUT2D eigenvalue weighted by atomic mass is 35.5. The van der Waals surface area contributed by atoms with Crippen molar-refractivity contribution < 1.29 is 23.8 Å². The van der Waals surface area contributed by atoms with Crippen molar-refractivity contribution in [1.29, 1.82) is 0 Å². The van der Waals surface area contributed by atoms with E-state index in [4.69, 9.17) is 30.9 Å². The summed E-state index contributed by atoms with van der Waals surface area (Å²) in [5.74, 6) is 0.559. The molecule has 0 radical (unpaired) electrons. The number of carbonyl (C=O) groups is 2. The summed E-state index contributed by atoms with van der Waals surface area (Å²) in [6.07, 6.45) is 0. The van der Waals surface area contributed by atoms with Crippen LogP contribution >= 0.6 is 11.6 Å². The van der Waals surface area contributed by atoms with Crippen LogP contribution in [0.5, 0.6) is 17.4 Å². The van der Waals surface area contributed by atoms with Gasteiger partial charge in [-0.15, -0.1) is 0 Å². The van der Waals surface area contributed by atoms with Crippen LogP contribution in [-0.2, 0) is 4.79 Å². The largest absolute Gasteiger partial charge is 0.497 e. The summed E-state index contributed by atoms with van der Waals surface area (Å²) < 4.78 is 18.4. The Bertz CT molecular complexity index is 1720. The summed E-state index contributed by atoms with van der Waals surface area (Å²) in [7, 11) is 3.14. The number of methoxy groups -OCH3 is 2. The number of esters is 1. The number of para-hydroxylation sites is 1. The first-order chi connectivity index (χ1) is 19.9. The molecule has 0 atom stereocenters. The molecule has 0 saturated heterocycles. The van der Waals surface area contributed by atoms with Gasteiger partial charge in [0.15, 0.2) is 0 Å². The lowest BCUT2D eigenvalue weighted by Crippen LogP contribution is -2.12. The second kappa shape index (κ2) is 12.0. The minimum atomic E-state index is -0.500. The highest BCUT2D eigenvalue weighted by molar-refractivity contribution is 6.34. The first-order valence-electron chi connectivity index (χ1n) is 12.6. The van der Waals surface area contributed by atoms with E-state index in [1.165, 1.54) is 6.92 Å². The first kappa shape index (κ1) is 27.5. The number of rotatable bonds is 8. The second-order valence-corrected chi connectivity index (χ2v) is 9.35. The molecule has 0 saturated carbocycles. The monoisotopic (exact) mass is 567 g/mol. The Hall–Kier alpha value is -5.08. The predicted molar refractivity (Wildman–Crippen MR) is 158 cm³/mol. The summed E-state index contributed by atoms with van der Waals surface area (Å²) >= 11 is 6.19. The quantitative estimate of drug-likeness (QED) is 0.202. The third-order valence-electron chi connectivity index (χ3n) is 6.30. The molecular weight excluding hydrogens is 542 g/mol. The molecule has 0 aliphatic carbocycles. The molecule has 41 heavy (non-hydrogen) atoms. The lowest BCUT2D eigenvalue weighted by Gasteiger charge is -2.12. The smallest absolute Gasteiger partial charge is 0.309 e. The molecule has 0 bridgehead atoms. The molecule has 5 rings (SSSR count). The average Bonchev–Trinajstić information content (AvgIpc) is 3.35. The Morgan fingerprint density at radius 1 is 0.854 bits per heavy atom. The molecule has 9 heteroatoms. The van der Waals surface area contributed by atoms with Gasteiger partial charge in [0.1, 0.15) is 17.2 Å². The van der Waals surface area contributed by atoms with E-state index in [0.717, 1.165) is 0 Å². The minimum absolute atomic E-state index is 0.240. The second-order valence-electron chi connectivity index (χ2n) is 8.95. The van der Waals surface area contributed by atoms with Crippen LogP contribution < -0.4 is 19.5 Å². The zero-order valence-electron chi connectivity index (χ0n) is 22.6. The molecule has 1 amide bonds. The number of halogens is 1. The summed E-state index contributed by atoms with van der Waals surface area (Å²) in [5, 5.41) is 8.13. The summed E-state index contributed by atoms with van der Waals surface area (Å²) in [4.78, 5) is 25.1. The average molecular weight is 568 g/mol. The zero-order chi connectivity index (χ0) is 28.9. The molecule has 0 unspecified atom stereocenters. The number of nitrogens with zero attached hydrogens (tertiary/aromatic N) is 2. The Kier molecular flexibility index (Phi) is 8.03. The van der Waals surface area contributed by atoms with Crippen LogP contribution in [0.3, 0.4) is 0 Å². The maximum absolute atomic E-state index is 12.8. The number of nitrogens with one attached hydrogen (secondary N) is 1. The first-order valence-corrected chi connectivity index (χ1v) is 13.0. The fourth-order valence-electron chi connectivity index (χ4n) is 4.38. The standard InChI is InChI=1S/C32H26ClN3O5/c1-20(37)41-32-29(21-13-15-22(16-14-21)34-31(38)25-11-7-8-12-27(25)33)30(35-36(32)23-9-5-4-6-10-23)26-18-17-24(39-2)19-28(26)40-3/h4-19H,1-3H3,(H,34,38).